The molecule has 0 bridgehead atoms. The van der Waals surface area contributed by atoms with Gasteiger partial charge in [-0.25, -0.2) is 9.59 Å². The van der Waals surface area contributed by atoms with Crippen LogP contribution < -0.4 is 5.32 Å². The molecule has 2 N–H and O–H groups in total. The topological polar surface area (TPSA) is 87.5 Å². The van der Waals surface area contributed by atoms with Gasteiger partial charge in [-0.05, 0) is 13.0 Å². The van der Waals surface area contributed by atoms with Gasteiger partial charge in [-0.3, -0.25) is 4.68 Å². The average molecular weight is 284 g/mol. The van der Waals surface area contributed by atoms with Crippen molar-refractivity contribution < 1.29 is 14.7 Å². The summed E-state index contributed by atoms with van der Waals surface area (Å²) in [5, 5.41) is 15.9. The molecule has 1 aromatic heterocycles. The molecule has 7 nitrogen and oxygen atoms in total. The van der Waals surface area contributed by atoms with Gasteiger partial charge in [-0.2, -0.15) is 5.10 Å². The Bertz CT molecular complexity index is 451. The van der Waals surface area contributed by atoms with E-state index in [1.807, 2.05) is 19.2 Å². The Labute approximate surface area is 115 Å². The van der Waals surface area contributed by atoms with Crippen LogP contribution >= 0.6 is 11.8 Å². The highest BCUT2D eigenvalue weighted by Gasteiger charge is 2.34. The number of aromatic nitrogens is 2. The monoisotopic (exact) mass is 284 g/mol. The number of aliphatic carboxylic acids is 1. The summed E-state index contributed by atoms with van der Waals surface area (Å²) in [4.78, 5) is 24.4. The van der Waals surface area contributed by atoms with Crippen LogP contribution in [0.1, 0.15) is 6.92 Å². The zero-order valence-electron chi connectivity index (χ0n) is 10.5. The summed E-state index contributed by atoms with van der Waals surface area (Å²) in [7, 11) is 0. The number of nitrogens with one attached hydrogen (secondary N) is 1. The normalized spacial score (nSPS) is 20.3. The molecular weight excluding hydrogens is 268 g/mol. The molecule has 2 rings (SSSR count). The average Bonchev–Trinajstić information content (AvgIpc) is 2.97. The molecule has 19 heavy (non-hydrogen) atoms. The quantitative estimate of drug-likeness (QED) is 0.837. The lowest BCUT2D eigenvalue weighted by Gasteiger charge is -2.23. The van der Waals surface area contributed by atoms with E-state index in [1.165, 1.54) is 16.7 Å². The second-order valence-electron chi connectivity index (χ2n) is 4.40. The van der Waals surface area contributed by atoms with Gasteiger partial charge in [-0.1, -0.05) is 0 Å². The first kappa shape index (κ1) is 13.7. The molecule has 0 aromatic carbocycles. The summed E-state index contributed by atoms with van der Waals surface area (Å²) in [6, 6.07) is 0.623. The lowest BCUT2D eigenvalue weighted by atomic mass is 10.3. The maximum atomic E-state index is 12.0. The van der Waals surface area contributed by atoms with Gasteiger partial charge in [0.1, 0.15) is 6.04 Å². The number of carbonyl (C=O) groups excluding carboxylic acids is 1. The van der Waals surface area contributed by atoms with E-state index >= 15 is 0 Å². The molecule has 8 heteroatoms. The van der Waals surface area contributed by atoms with Gasteiger partial charge in [0.2, 0.25) is 0 Å². The van der Waals surface area contributed by atoms with Crippen LogP contribution in [0.15, 0.2) is 18.5 Å². The number of carboxylic acids is 1. The molecule has 0 aliphatic carbocycles. The number of carboxylic acid groups (broad SMARTS) is 1. The largest absolute Gasteiger partial charge is 0.480 e. The lowest BCUT2D eigenvalue weighted by Crippen LogP contribution is -2.49. The summed E-state index contributed by atoms with van der Waals surface area (Å²) in [6.45, 7) is 2.41. The standard InChI is InChI=1S/C11H16N4O3S/c1-8(5-14-4-2-3-12-14)13-11(18)15-7-19-6-9(15)10(16)17/h2-4,8-9H,5-7H2,1H3,(H,13,18)(H,16,17)/t8?,9-/m0/s1. The van der Waals surface area contributed by atoms with Gasteiger partial charge in [0.05, 0.1) is 12.4 Å². The highest BCUT2D eigenvalue weighted by molar-refractivity contribution is 7.99. The van der Waals surface area contributed by atoms with Crippen molar-refractivity contribution in [3.05, 3.63) is 18.5 Å². The molecule has 2 heterocycles. The number of carbonyl (C=O) groups is 2. The predicted molar refractivity (Wildman–Crippen MR) is 70.8 cm³/mol. The molecule has 1 aromatic rings. The van der Waals surface area contributed by atoms with Gasteiger partial charge in [0.15, 0.2) is 0 Å². The van der Waals surface area contributed by atoms with E-state index < -0.39 is 12.0 Å². The summed E-state index contributed by atoms with van der Waals surface area (Å²) in [6.07, 6.45) is 3.49. The molecule has 0 saturated carbocycles. The van der Waals surface area contributed by atoms with Gasteiger partial charge in [-0.15, -0.1) is 11.8 Å². The van der Waals surface area contributed by atoms with Crippen LogP contribution in [0.25, 0.3) is 0 Å². The van der Waals surface area contributed by atoms with Gasteiger partial charge in [0.25, 0.3) is 0 Å². The van der Waals surface area contributed by atoms with Crippen molar-refractivity contribution in [2.75, 3.05) is 11.6 Å². The fourth-order valence-corrected chi connectivity index (χ4v) is 3.02. The Hall–Kier alpha value is -1.70. The van der Waals surface area contributed by atoms with E-state index in [4.69, 9.17) is 5.11 Å². The zero-order chi connectivity index (χ0) is 13.8. The Morgan fingerprint density at radius 3 is 3.05 bits per heavy atom. The summed E-state index contributed by atoms with van der Waals surface area (Å²) < 4.78 is 1.72. The van der Waals surface area contributed by atoms with Crippen LogP contribution in [0.3, 0.4) is 0 Å². The van der Waals surface area contributed by atoms with Crippen molar-refractivity contribution in [2.24, 2.45) is 0 Å². The van der Waals surface area contributed by atoms with Crippen LogP contribution in [-0.2, 0) is 11.3 Å². The van der Waals surface area contributed by atoms with E-state index in [9.17, 15) is 9.59 Å². The highest BCUT2D eigenvalue weighted by atomic mass is 32.2. The van der Waals surface area contributed by atoms with Crippen LogP contribution in [0.2, 0.25) is 0 Å². The van der Waals surface area contributed by atoms with Crippen molar-refractivity contribution in [1.29, 1.82) is 0 Å². The van der Waals surface area contributed by atoms with Gasteiger partial charge in [0, 0.05) is 24.2 Å². The molecule has 1 aliphatic heterocycles. The van der Waals surface area contributed by atoms with E-state index in [2.05, 4.69) is 10.4 Å². The van der Waals surface area contributed by atoms with E-state index in [0.29, 0.717) is 18.2 Å². The van der Waals surface area contributed by atoms with Crippen LogP contribution in [-0.4, -0.2) is 55.5 Å². The zero-order valence-corrected chi connectivity index (χ0v) is 11.3. The fraction of sp³-hybridized carbons (Fsp3) is 0.545. The van der Waals surface area contributed by atoms with E-state index in [1.54, 1.807) is 10.9 Å². The van der Waals surface area contributed by atoms with Crippen LogP contribution in [0.4, 0.5) is 4.79 Å². The number of nitrogens with zero attached hydrogens (tertiary/aromatic N) is 3. The third-order valence-corrected chi connectivity index (χ3v) is 3.83. The van der Waals surface area contributed by atoms with Crippen molar-refractivity contribution in [3.63, 3.8) is 0 Å². The van der Waals surface area contributed by atoms with E-state index in [0.717, 1.165) is 0 Å². The SMILES string of the molecule is CC(Cn1cccn1)NC(=O)N1CSC[C@H]1C(=O)O. The van der Waals surface area contributed by atoms with Crippen LogP contribution in [0.5, 0.6) is 0 Å². The first-order valence-electron chi connectivity index (χ1n) is 5.93. The Kier molecular flexibility index (Phi) is 4.31. The first-order chi connectivity index (χ1) is 9.08. The Balaban J connectivity index is 1.88. The van der Waals surface area contributed by atoms with Crippen molar-refractivity contribution in [1.82, 2.24) is 20.0 Å². The number of amides is 2. The Morgan fingerprint density at radius 2 is 2.42 bits per heavy atom. The highest BCUT2D eigenvalue weighted by Crippen LogP contribution is 2.20. The molecule has 1 saturated heterocycles. The third kappa shape index (κ3) is 3.40. The maximum absolute atomic E-state index is 12.0. The molecule has 1 unspecified atom stereocenters. The molecule has 2 atom stereocenters. The number of hydrogen-bond acceptors (Lipinski definition) is 4. The maximum Gasteiger partial charge on any atom is 0.327 e. The summed E-state index contributed by atoms with van der Waals surface area (Å²) in [5.41, 5.74) is 0. The molecular formula is C11H16N4O3S. The van der Waals surface area contributed by atoms with Gasteiger partial charge >= 0.3 is 12.0 Å². The van der Waals surface area contributed by atoms with E-state index in [-0.39, 0.29) is 12.1 Å². The summed E-state index contributed by atoms with van der Waals surface area (Å²) in [5.74, 6) is -0.104. The first-order valence-corrected chi connectivity index (χ1v) is 7.08. The minimum Gasteiger partial charge on any atom is -0.480 e. The predicted octanol–water partition coefficient (Wildman–Crippen LogP) is 0.441. The minimum atomic E-state index is -0.958. The number of urea groups is 1. The van der Waals surface area contributed by atoms with Gasteiger partial charge < -0.3 is 15.3 Å². The Morgan fingerprint density at radius 1 is 1.63 bits per heavy atom. The fourth-order valence-electron chi connectivity index (χ4n) is 1.88. The minimum absolute atomic E-state index is 0.118. The van der Waals surface area contributed by atoms with Crippen molar-refractivity contribution in [3.8, 4) is 0 Å². The second kappa shape index (κ2) is 5.96. The second-order valence-corrected chi connectivity index (χ2v) is 5.40. The number of hydrogen-bond donors (Lipinski definition) is 2. The third-order valence-electron chi connectivity index (χ3n) is 2.82. The molecule has 1 fully saturated rings. The van der Waals surface area contributed by atoms with Crippen molar-refractivity contribution >= 4 is 23.8 Å². The molecule has 1 aliphatic rings. The van der Waals surface area contributed by atoms with Crippen LogP contribution in [0, 0.1) is 0 Å². The summed E-state index contributed by atoms with van der Waals surface area (Å²) >= 11 is 1.45. The number of rotatable bonds is 4. The van der Waals surface area contributed by atoms with Crippen molar-refractivity contribution in [2.45, 2.75) is 25.6 Å². The number of thioether (sulfide) groups is 1. The smallest absolute Gasteiger partial charge is 0.327 e. The molecule has 0 radical (unpaired) electrons. The molecule has 2 amide bonds. The molecule has 0 spiro atoms. The lowest BCUT2D eigenvalue weighted by molar-refractivity contribution is -0.140. The molecule has 104 valence electrons.